The molecule has 3 nitrogen and oxygen atoms in total. The second kappa shape index (κ2) is 4.16. The molecule has 0 amide bonds. The number of methoxy groups -OCH3 is 1. The SMILES string of the molecule is COc1ccc(F)cc1C1C[C@H](O)CN1. The van der Waals surface area contributed by atoms with Crippen molar-refractivity contribution < 1.29 is 14.2 Å². The third kappa shape index (κ3) is 2.11. The van der Waals surface area contributed by atoms with Crippen molar-refractivity contribution in [2.24, 2.45) is 0 Å². The summed E-state index contributed by atoms with van der Waals surface area (Å²) in [6.45, 7) is 0.546. The Kier molecular flexibility index (Phi) is 2.88. The Morgan fingerprint density at radius 2 is 2.33 bits per heavy atom. The summed E-state index contributed by atoms with van der Waals surface area (Å²) in [7, 11) is 1.56. The van der Waals surface area contributed by atoms with Crippen molar-refractivity contribution in [3.05, 3.63) is 29.6 Å². The summed E-state index contributed by atoms with van der Waals surface area (Å²) >= 11 is 0. The number of β-amino-alcohol motifs (C(OH)–C–C–N with tert-alkyl or cyclic N) is 1. The molecule has 1 aromatic rings. The number of aliphatic hydroxyl groups excluding tert-OH is 1. The van der Waals surface area contributed by atoms with Crippen LogP contribution in [0.3, 0.4) is 0 Å². The van der Waals surface area contributed by atoms with Crippen LogP contribution in [0.4, 0.5) is 4.39 Å². The van der Waals surface area contributed by atoms with Crippen LogP contribution in [-0.4, -0.2) is 24.9 Å². The lowest BCUT2D eigenvalue weighted by Gasteiger charge is -2.14. The summed E-state index contributed by atoms with van der Waals surface area (Å²) < 4.78 is 18.2. The van der Waals surface area contributed by atoms with Gasteiger partial charge >= 0.3 is 0 Å². The van der Waals surface area contributed by atoms with Crippen molar-refractivity contribution in [2.75, 3.05) is 13.7 Å². The molecule has 0 bridgehead atoms. The fraction of sp³-hybridized carbons (Fsp3) is 0.455. The Hall–Kier alpha value is -1.13. The lowest BCUT2D eigenvalue weighted by Crippen LogP contribution is -2.15. The van der Waals surface area contributed by atoms with E-state index in [1.807, 2.05) is 0 Å². The van der Waals surface area contributed by atoms with Gasteiger partial charge in [-0.15, -0.1) is 0 Å². The molecule has 1 unspecified atom stereocenters. The van der Waals surface area contributed by atoms with Gasteiger partial charge in [0.25, 0.3) is 0 Å². The lowest BCUT2D eigenvalue weighted by molar-refractivity contribution is 0.193. The first-order valence-electron chi connectivity index (χ1n) is 4.95. The van der Waals surface area contributed by atoms with E-state index >= 15 is 0 Å². The molecule has 1 aliphatic heterocycles. The van der Waals surface area contributed by atoms with Crippen molar-refractivity contribution in [2.45, 2.75) is 18.6 Å². The molecule has 0 saturated carbocycles. The van der Waals surface area contributed by atoms with Gasteiger partial charge in [-0.1, -0.05) is 0 Å². The molecule has 0 aromatic heterocycles. The zero-order chi connectivity index (χ0) is 10.8. The number of rotatable bonds is 2. The number of halogens is 1. The first kappa shape index (κ1) is 10.4. The Morgan fingerprint density at radius 3 is 2.93 bits per heavy atom. The van der Waals surface area contributed by atoms with Crippen LogP contribution in [0.15, 0.2) is 18.2 Å². The monoisotopic (exact) mass is 211 g/mol. The number of ether oxygens (including phenoxy) is 1. The fourth-order valence-corrected chi connectivity index (χ4v) is 1.93. The molecule has 2 rings (SSSR count). The quantitative estimate of drug-likeness (QED) is 0.773. The highest BCUT2D eigenvalue weighted by atomic mass is 19.1. The second-order valence-electron chi connectivity index (χ2n) is 3.74. The minimum atomic E-state index is -0.358. The van der Waals surface area contributed by atoms with Crippen LogP contribution in [0.1, 0.15) is 18.0 Å². The first-order valence-corrected chi connectivity index (χ1v) is 4.95. The average Bonchev–Trinajstić information content (AvgIpc) is 2.65. The van der Waals surface area contributed by atoms with Crippen LogP contribution in [0.2, 0.25) is 0 Å². The van der Waals surface area contributed by atoms with Gasteiger partial charge in [0, 0.05) is 18.2 Å². The largest absolute Gasteiger partial charge is 0.496 e. The fourth-order valence-electron chi connectivity index (χ4n) is 1.93. The molecule has 1 saturated heterocycles. The molecule has 1 aliphatic rings. The third-order valence-corrected chi connectivity index (χ3v) is 2.67. The second-order valence-corrected chi connectivity index (χ2v) is 3.74. The van der Waals surface area contributed by atoms with Crippen molar-refractivity contribution in [1.29, 1.82) is 0 Å². The van der Waals surface area contributed by atoms with E-state index in [4.69, 9.17) is 4.74 Å². The molecule has 4 heteroatoms. The maximum atomic E-state index is 13.1. The van der Waals surface area contributed by atoms with E-state index in [-0.39, 0.29) is 18.0 Å². The number of hydrogen-bond donors (Lipinski definition) is 2. The highest BCUT2D eigenvalue weighted by molar-refractivity contribution is 5.37. The van der Waals surface area contributed by atoms with Crippen molar-refractivity contribution in [1.82, 2.24) is 5.32 Å². The molecule has 1 aromatic carbocycles. The highest BCUT2D eigenvalue weighted by Gasteiger charge is 2.26. The topological polar surface area (TPSA) is 41.5 Å². The van der Waals surface area contributed by atoms with Gasteiger partial charge in [0.15, 0.2) is 0 Å². The van der Waals surface area contributed by atoms with E-state index in [9.17, 15) is 9.50 Å². The van der Waals surface area contributed by atoms with E-state index in [1.165, 1.54) is 12.1 Å². The molecular weight excluding hydrogens is 197 g/mol. The van der Waals surface area contributed by atoms with E-state index in [2.05, 4.69) is 5.32 Å². The first-order chi connectivity index (χ1) is 7.20. The van der Waals surface area contributed by atoms with Gasteiger partial charge in [-0.2, -0.15) is 0 Å². The van der Waals surface area contributed by atoms with E-state index in [0.29, 0.717) is 18.7 Å². The predicted octanol–water partition coefficient (Wildman–Crippen LogP) is 1.23. The van der Waals surface area contributed by atoms with Gasteiger partial charge in [0.2, 0.25) is 0 Å². The van der Waals surface area contributed by atoms with Crippen LogP contribution in [-0.2, 0) is 0 Å². The summed E-state index contributed by atoms with van der Waals surface area (Å²) in [6, 6.07) is 4.41. The zero-order valence-corrected chi connectivity index (χ0v) is 8.53. The van der Waals surface area contributed by atoms with Crippen molar-refractivity contribution in [3.8, 4) is 5.75 Å². The van der Waals surface area contributed by atoms with Gasteiger partial charge in [-0.25, -0.2) is 4.39 Å². The van der Waals surface area contributed by atoms with Crippen molar-refractivity contribution in [3.63, 3.8) is 0 Å². The number of aliphatic hydroxyl groups is 1. The maximum Gasteiger partial charge on any atom is 0.123 e. The lowest BCUT2D eigenvalue weighted by atomic mass is 10.0. The van der Waals surface area contributed by atoms with Crippen LogP contribution >= 0.6 is 0 Å². The molecular formula is C11H14FNO2. The number of hydrogen-bond acceptors (Lipinski definition) is 3. The minimum Gasteiger partial charge on any atom is -0.496 e. The predicted molar refractivity (Wildman–Crippen MR) is 54.3 cm³/mol. The molecule has 2 N–H and O–H groups in total. The van der Waals surface area contributed by atoms with Gasteiger partial charge < -0.3 is 15.2 Å². The Labute approximate surface area is 87.9 Å². The summed E-state index contributed by atoms with van der Waals surface area (Å²) in [5.41, 5.74) is 0.772. The maximum absolute atomic E-state index is 13.1. The van der Waals surface area contributed by atoms with Gasteiger partial charge in [0.05, 0.1) is 13.2 Å². The van der Waals surface area contributed by atoms with E-state index in [0.717, 1.165) is 5.56 Å². The van der Waals surface area contributed by atoms with Gasteiger partial charge in [-0.3, -0.25) is 0 Å². The van der Waals surface area contributed by atoms with Crippen LogP contribution in [0.25, 0.3) is 0 Å². The van der Waals surface area contributed by atoms with Crippen LogP contribution in [0.5, 0.6) is 5.75 Å². The summed E-state index contributed by atoms with van der Waals surface area (Å²) in [4.78, 5) is 0. The molecule has 1 fully saturated rings. The third-order valence-electron chi connectivity index (χ3n) is 2.67. The standard InChI is InChI=1S/C11H14FNO2/c1-15-11-3-2-7(12)4-9(11)10-5-8(14)6-13-10/h2-4,8,10,13-14H,5-6H2,1H3/t8-,10?/m0/s1. The summed E-state index contributed by atoms with van der Waals surface area (Å²) in [5, 5.41) is 12.5. The van der Waals surface area contributed by atoms with Gasteiger partial charge in [-0.05, 0) is 24.6 Å². The van der Waals surface area contributed by atoms with Gasteiger partial charge in [0.1, 0.15) is 11.6 Å². The van der Waals surface area contributed by atoms with E-state index in [1.54, 1.807) is 13.2 Å². The summed E-state index contributed by atoms with van der Waals surface area (Å²) in [5.74, 6) is 0.372. The molecule has 2 atom stereocenters. The molecule has 15 heavy (non-hydrogen) atoms. The number of nitrogens with one attached hydrogen (secondary N) is 1. The molecule has 0 radical (unpaired) electrons. The molecule has 0 spiro atoms. The van der Waals surface area contributed by atoms with E-state index < -0.39 is 0 Å². The minimum absolute atomic E-state index is 0.0225. The Balaban J connectivity index is 2.29. The smallest absolute Gasteiger partial charge is 0.123 e. The molecule has 0 aliphatic carbocycles. The summed E-state index contributed by atoms with van der Waals surface area (Å²) in [6.07, 6.45) is 0.239. The molecule has 82 valence electrons. The average molecular weight is 211 g/mol. The Bertz CT molecular complexity index is 356. The van der Waals surface area contributed by atoms with Crippen molar-refractivity contribution >= 4 is 0 Å². The van der Waals surface area contributed by atoms with Crippen LogP contribution in [0, 0.1) is 5.82 Å². The number of benzene rings is 1. The van der Waals surface area contributed by atoms with Crippen LogP contribution < -0.4 is 10.1 Å². The highest BCUT2D eigenvalue weighted by Crippen LogP contribution is 2.31. The molecule has 1 heterocycles. The Morgan fingerprint density at radius 1 is 1.53 bits per heavy atom. The normalized spacial score (nSPS) is 25.5. The zero-order valence-electron chi connectivity index (χ0n) is 8.53.